The van der Waals surface area contributed by atoms with Crippen LogP contribution in [0.4, 0.5) is 0 Å². The third kappa shape index (κ3) is 6.72. The summed E-state index contributed by atoms with van der Waals surface area (Å²) in [7, 11) is 3.77. The summed E-state index contributed by atoms with van der Waals surface area (Å²) >= 11 is 0. The van der Waals surface area contributed by atoms with Gasteiger partial charge in [0.1, 0.15) is 0 Å². The van der Waals surface area contributed by atoms with E-state index in [-0.39, 0.29) is 11.8 Å². The standard InChI is InChI=1S/C22H34N4O3/c1-23-22(25(2)10-13-29-17-18-8-9-18)24-16-20(19-6-4-3-5-7-19)21(27)26-11-14-28-15-12-26/h3-7,18,20H,8-17H2,1-2H3,(H,23,24). The molecular formula is C22H34N4O3. The molecule has 160 valence electrons. The number of carbonyl (C=O) groups excluding carboxylic acids is 1. The van der Waals surface area contributed by atoms with Crippen LogP contribution in [0.15, 0.2) is 35.3 Å². The molecule has 1 saturated heterocycles. The number of nitrogens with one attached hydrogen (secondary N) is 1. The summed E-state index contributed by atoms with van der Waals surface area (Å²) in [5.41, 5.74) is 1.02. The second kappa shape index (κ2) is 11.2. The zero-order chi connectivity index (χ0) is 20.5. The summed E-state index contributed by atoms with van der Waals surface area (Å²) in [5, 5.41) is 3.39. The number of guanidine groups is 1. The van der Waals surface area contributed by atoms with E-state index in [1.165, 1.54) is 12.8 Å². The lowest BCUT2D eigenvalue weighted by Gasteiger charge is -2.31. The minimum Gasteiger partial charge on any atom is -0.379 e. The van der Waals surface area contributed by atoms with Gasteiger partial charge in [-0.25, -0.2) is 0 Å². The van der Waals surface area contributed by atoms with Gasteiger partial charge in [-0.15, -0.1) is 0 Å². The molecule has 1 amide bonds. The molecule has 7 heteroatoms. The first-order chi connectivity index (χ1) is 14.2. The lowest BCUT2D eigenvalue weighted by Crippen LogP contribution is -2.47. The van der Waals surface area contributed by atoms with E-state index in [4.69, 9.17) is 9.47 Å². The van der Waals surface area contributed by atoms with Crippen LogP contribution in [-0.2, 0) is 14.3 Å². The van der Waals surface area contributed by atoms with Gasteiger partial charge in [0.25, 0.3) is 0 Å². The van der Waals surface area contributed by atoms with Crippen molar-refractivity contribution in [2.75, 3.05) is 66.7 Å². The van der Waals surface area contributed by atoms with Crippen LogP contribution in [-0.4, -0.2) is 88.4 Å². The monoisotopic (exact) mass is 402 g/mol. The maximum Gasteiger partial charge on any atom is 0.232 e. The van der Waals surface area contributed by atoms with Gasteiger partial charge < -0.3 is 24.6 Å². The molecule has 0 bridgehead atoms. The Kier molecular flexibility index (Phi) is 8.31. The zero-order valence-electron chi connectivity index (χ0n) is 17.7. The van der Waals surface area contributed by atoms with Crippen molar-refractivity contribution in [3.05, 3.63) is 35.9 Å². The largest absolute Gasteiger partial charge is 0.379 e. The van der Waals surface area contributed by atoms with E-state index in [0.29, 0.717) is 39.5 Å². The second-order valence-corrected chi connectivity index (χ2v) is 7.77. The van der Waals surface area contributed by atoms with Crippen molar-refractivity contribution in [1.29, 1.82) is 0 Å². The van der Waals surface area contributed by atoms with Gasteiger partial charge >= 0.3 is 0 Å². The van der Waals surface area contributed by atoms with E-state index in [1.807, 2.05) is 47.2 Å². The number of rotatable bonds is 9. The Morgan fingerprint density at radius 2 is 2.03 bits per heavy atom. The predicted molar refractivity (Wildman–Crippen MR) is 114 cm³/mol. The number of carbonyl (C=O) groups is 1. The van der Waals surface area contributed by atoms with Gasteiger partial charge in [0.15, 0.2) is 5.96 Å². The Morgan fingerprint density at radius 3 is 2.69 bits per heavy atom. The van der Waals surface area contributed by atoms with Gasteiger partial charge in [-0.05, 0) is 24.3 Å². The Hall–Kier alpha value is -2.12. The van der Waals surface area contributed by atoms with Gasteiger partial charge in [0, 0.05) is 46.9 Å². The maximum atomic E-state index is 13.2. The van der Waals surface area contributed by atoms with E-state index in [1.54, 1.807) is 7.05 Å². The molecule has 1 N–H and O–H groups in total. The number of benzene rings is 1. The van der Waals surface area contributed by atoms with E-state index in [9.17, 15) is 4.79 Å². The van der Waals surface area contributed by atoms with Crippen LogP contribution in [0.1, 0.15) is 24.3 Å². The zero-order valence-corrected chi connectivity index (χ0v) is 17.7. The Balaban J connectivity index is 1.56. The molecule has 7 nitrogen and oxygen atoms in total. The third-order valence-corrected chi connectivity index (χ3v) is 5.48. The van der Waals surface area contributed by atoms with E-state index < -0.39 is 0 Å². The molecule has 1 atom stereocenters. The highest BCUT2D eigenvalue weighted by Crippen LogP contribution is 2.28. The number of ether oxygens (including phenoxy) is 2. The van der Waals surface area contributed by atoms with Gasteiger partial charge in [-0.2, -0.15) is 0 Å². The molecule has 1 aliphatic heterocycles. The Labute approximate surface area is 174 Å². The highest BCUT2D eigenvalue weighted by Gasteiger charge is 2.27. The summed E-state index contributed by atoms with van der Waals surface area (Å²) in [6.45, 7) is 5.31. The first-order valence-electron chi connectivity index (χ1n) is 10.6. The number of likely N-dealkylation sites (N-methyl/N-ethyl adjacent to an activating group) is 1. The Bertz CT molecular complexity index is 657. The predicted octanol–water partition coefficient (Wildman–Crippen LogP) is 1.56. The fraction of sp³-hybridized carbons (Fsp3) is 0.636. The smallest absolute Gasteiger partial charge is 0.232 e. The fourth-order valence-corrected chi connectivity index (χ4v) is 3.46. The number of aliphatic imine (C=N–C) groups is 1. The van der Waals surface area contributed by atoms with E-state index >= 15 is 0 Å². The van der Waals surface area contributed by atoms with Gasteiger partial charge in [0.05, 0.1) is 25.7 Å². The van der Waals surface area contributed by atoms with Crippen LogP contribution in [0.5, 0.6) is 0 Å². The highest BCUT2D eigenvalue weighted by atomic mass is 16.5. The molecule has 1 aromatic rings. The van der Waals surface area contributed by atoms with Crippen molar-refractivity contribution in [3.63, 3.8) is 0 Å². The van der Waals surface area contributed by atoms with E-state index in [0.717, 1.165) is 30.6 Å². The minimum atomic E-state index is -0.259. The van der Waals surface area contributed by atoms with Crippen LogP contribution in [0, 0.1) is 5.92 Å². The molecule has 2 fully saturated rings. The van der Waals surface area contributed by atoms with Gasteiger partial charge in [-0.3, -0.25) is 9.79 Å². The average Bonchev–Trinajstić information content (AvgIpc) is 3.59. The third-order valence-electron chi connectivity index (χ3n) is 5.48. The van der Waals surface area contributed by atoms with Crippen LogP contribution in [0.25, 0.3) is 0 Å². The van der Waals surface area contributed by atoms with E-state index in [2.05, 4.69) is 10.3 Å². The average molecular weight is 403 g/mol. The molecule has 0 spiro atoms. The summed E-state index contributed by atoms with van der Waals surface area (Å²) in [6.07, 6.45) is 2.61. The quantitative estimate of drug-likeness (QED) is 0.386. The minimum absolute atomic E-state index is 0.137. The number of nitrogens with zero attached hydrogens (tertiary/aromatic N) is 3. The molecule has 3 rings (SSSR count). The van der Waals surface area contributed by atoms with Crippen LogP contribution in [0.3, 0.4) is 0 Å². The summed E-state index contributed by atoms with van der Waals surface area (Å²) < 4.78 is 11.1. The van der Waals surface area contributed by atoms with Gasteiger partial charge in [0.2, 0.25) is 5.91 Å². The molecule has 29 heavy (non-hydrogen) atoms. The number of amides is 1. The number of morpholine rings is 1. The molecule has 1 unspecified atom stereocenters. The molecule has 1 aromatic carbocycles. The number of hydrogen-bond donors (Lipinski definition) is 1. The van der Waals surface area contributed by atoms with Crippen molar-refractivity contribution in [2.24, 2.45) is 10.9 Å². The molecule has 0 radical (unpaired) electrons. The van der Waals surface area contributed by atoms with Crippen LogP contribution in [0.2, 0.25) is 0 Å². The topological polar surface area (TPSA) is 66.4 Å². The highest BCUT2D eigenvalue weighted by molar-refractivity contribution is 5.86. The van der Waals surface area contributed by atoms with Crippen LogP contribution < -0.4 is 5.32 Å². The molecule has 2 aliphatic rings. The summed E-state index contributed by atoms with van der Waals surface area (Å²) in [5.74, 6) is 1.43. The lowest BCUT2D eigenvalue weighted by atomic mass is 9.97. The first-order valence-corrected chi connectivity index (χ1v) is 10.6. The van der Waals surface area contributed by atoms with Crippen molar-refractivity contribution < 1.29 is 14.3 Å². The van der Waals surface area contributed by atoms with Crippen molar-refractivity contribution >= 4 is 11.9 Å². The molecule has 1 saturated carbocycles. The normalized spacial score (nSPS) is 18.4. The molecule has 1 aliphatic carbocycles. The number of hydrogen-bond acceptors (Lipinski definition) is 4. The molecular weight excluding hydrogens is 368 g/mol. The fourth-order valence-electron chi connectivity index (χ4n) is 3.46. The SMILES string of the molecule is CN=C(NCC(C(=O)N1CCOCC1)c1ccccc1)N(C)CCOCC1CC1. The maximum absolute atomic E-state index is 13.2. The first kappa shape index (κ1) is 21.6. The van der Waals surface area contributed by atoms with Crippen molar-refractivity contribution in [1.82, 2.24) is 15.1 Å². The van der Waals surface area contributed by atoms with Crippen LogP contribution >= 0.6 is 0 Å². The van der Waals surface area contributed by atoms with Gasteiger partial charge in [-0.1, -0.05) is 30.3 Å². The Morgan fingerprint density at radius 1 is 1.31 bits per heavy atom. The molecule has 0 aromatic heterocycles. The van der Waals surface area contributed by atoms with Crippen molar-refractivity contribution in [3.8, 4) is 0 Å². The van der Waals surface area contributed by atoms with Crippen molar-refractivity contribution in [2.45, 2.75) is 18.8 Å². The molecule has 1 heterocycles. The summed E-state index contributed by atoms with van der Waals surface area (Å²) in [4.78, 5) is 21.5. The summed E-state index contributed by atoms with van der Waals surface area (Å²) in [6, 6.07) is 9.97. The second-order valence-electron chi connectivity index (χ2n) is 7.77. The lowest BCUT2D eigenvalue weighted by molar-refractivity contribution is -0.136.